The van der Waals surface area contributed by atoms with Crippen molar-refractivity contribution in [1.82, 2.24) is 19.2 Å². The molecule has 8 heteroatoms. The summed E-state index contributed by atoms with van der Waals surface area (Å²) in [5.74, 6) is 1.43. The minimum atomic E-state index is -3.15. The first-order chi connectivity index (χ1) is 16.7. The van der Waals surface area contributed by atoms with E-state index in [-0.39, 0.29) is 5.25 Å². The summed E-state index contributed by atoms with van der Waals surface area (Å²) in [7, 11) is -1.46. The van der Waals surface area contributed by atoms with Gasteiger partial charge in [-0.05, 0) is 70.5 Å². The normalized spacial score (nSPS) is 15.6. The SMILES string of the molecule is CCc1cccc(CC)c1-c1nc(C)c(CCCCN2CCN(S(=O)(=O)C(C)C)CC2)c(OC)n1. The Morgan fingerprint density at radius 1 is 1.00 bits per heavy atom. The Bertz CT molecular complexity index is 1070. The van der Waals surface area contributed by atoms with E-state index in [1.54, 1.807) is 25.3 Å². The summed E-state index contributed by atoms with van der Waals surface area (Å²) in [6.45, 7) is 13.6. The van der Waals surface area contributed by atoms with Crippen LogP contribution in [-0.4, -0.2) is 72.7 Å². The Hall–Kier alpha value is -2.03. The largest absolute Gasteiger partial charge is 0.481 e. The molecule has 1 fully saturated rings. The second-order valence-corrected chi connectivity index (χ2v) is 12.1. The van der Waals surface area contributed by atoms with E-state index in [4.69, 9.17) is 14.7 Å². The number of piperazine rings is 1. The van der Waals surface area contributed by atoms with Gasteiger partial charge in [-0.1, -0.05) is 32.0 Å². The molecule has 2 aromatic rings. The van der Waals surface area contributed by atoms with Crippen LogP contribution in [0.25, 0.3) is 11.4 Å². The Balaban J connectivity index is 1.62. The molecule has 0 aliphatic carbocycles. The molecule has 35 heavy (non-hydrogen) atoms. The monoisotopic (exact) mass is 502 g/mol. The summed E-state index contributed by atoms with van der Waals surface area (Å²) in [5, 5.41) is -0.357. The summed E-state index contributed by atoms with van der Waals surface area (Å²) in [6.07, 6.45) is 4.80. The molecule has 7 nitrogen and oxygen atoms in total. The van der Waals surface area contributed by atoms with Crippen LogP contribution >= 0.6 is 0 Å². The number of benzene rings is 1. The van der Waals surface area contributed by atoms with Crippen molar-refractivity contribution in [3.63, 3.8) is 0 Å². The fourth-order valence-electron chi connectivity index (χ4n) is 4.81. The standard InChI is InChI=1S/C27H42N4O3S/c1-7-22-12-11-13-23(8-2)25(22)26-28-21(5)24(27(29-26)34-6)14-9-10-15-30-16-18-31(19-17-30)35(32,33)20(3)4/h11-13,20H,7-10,14-19H2,1-6H3. The lowest BCUT2D eigenvalue weighted by Crippen LogP contribution is -2.50. The van der Waals surface area contributed by atoms with Gasteiger partial charge in [0.15, 0.2) is 5.82 Å². The quantitative estimate of drug-likeness (QED) is 0.427. The summed E-state index contributed by atoms with van der Waals surface area (Å²) < 4.78 is 32.1. The van der Waals surface area contributed by atoms with Gasteiger partial charge in [0.2, 0.25) is 15.9 Å². The number of methoxy groups -OCH3 is 1. The van der Waals surface area contributed by atoms with Crippen LogP contribution < -0.4 is 4.74 Å². The number of unbranched alkanes of at least 4 members (excludes halogenated alkanes) is 1. The molecule has 0 bridgehead atoms. The molecule has 0 spiro atoms. The second-order valence-electron chi connectivity index (χ2n) is 9.57. The van der Waals surface area contributed by atoms with Crippen LogP contribution in [0, 0.1) is 6.92 Å². The third kappa shape index (κ3) is 6.40. The predicted molar refractivity (Wildman–Crippen MR) is 143 cm³/mol. The summed E-state index contributed by atoms with van der Waals surface area (Å²) >= 11 is 0. The van der Waals surface area contributed by atoms with Crippen LogP contribution in [0.15, 0.2) is 18.2 Å². The van der Waals surface area contributed by atoms with Gasteiger partial charge in [-0.25, -0.2) is 13.4 Å². The third-order valence-electron chi connectivity index (χ3n) is 7.03. The van der Waals surface area contributed by atoms with E-state index in [2.05, 4.69) is 43.9 Å². The van der Waals surface area contributed by atoms with E-state index in [1.807, 2.05) is 0 Å². The van der Waals surface area contributed by atoms with Gasteiger partial charge in [0, 0.05) is 43.0 Å². The lowest BCUT2D eigenvalue weighted by molar-refractivity contribution is 0.185. The summed E-state index contributed by atoms with van der Waals surface area (Å²) in [6, 6.07) is 6.43. The summed E-state index contributed by atoms with van der Waals surface area (Å²) in [4.78, 5) is 12.1. The molecule has 2 heterocycles. The smallest absolute Gasteiger partial charge is 0.220 e. The average molecular weight is 503 g/mol. The lowest BCUT2D eigenvalue weighted by atomic mass is 9.96. The molecule has 1 aliphatic rings. The van der Waals surface area contributed by atoms with Crippen LogP contribution in [-0.2, 0) is 29.3 Å². The maximum absolute atomic E-state index is 12.4. The Kier molecular flexibility index (Phi) is 9.67. The molecule has 0 radical (unpaired) electrons. The first-order valence-corrected chi connectivity index (χ1v) is 14.5. The molecule has 1 aromatic carbocycles. The number of aromatic nitrogens is 2. The van der Waals surface area contributed by atoms with Gasteiger partial charge in [0.05, 0.1) is 12.4 Å². The molecule has 0 saturated carbocycles. The number of hydrogen-bond acceptors (Lipinski definition) is 6. The van der Waals surface area contributed by atoms with Crippen molar-refractivity contribution < 1.29 is 13.2 Å². The highest BCUT2D eigenvalue weighted by molar-refractivity contribution is 7.89. The molecule has 0 N–H and O–H groups in total. The molecular weight excluding hydrogens is 460 g/mol. The zero-order chi connectivity index (χ0) is 25.6. The van der Waals surface area contributed by atoms with Crippen molar-refractivity contribution in [1.29, 1.82) is 0 Å². The van der Waals surface area contributed by atoms with Crippen molar-refractivity contribution in [3.05, 3.63) is 40.6 Å². The Labute approximate surface area is 212 Å². The van der Waals surface area contributed by atoms with E-state index in [9.17, 15) is 8.42 Å². The van der Waals surface area contributed by atoms with Gasteiger partial charge in [0.1, 0.15) is 0 Å². The Morgan fingerprint density at radius 2 is 1.63 bits per heavy atom. The molecule has 1 aliphatic heterocycles. The van der Waals surface area contributed by atoms with Gasteiger partial charge in [0.25, 0.3) is 0 Å². The zero-order valence-electron chi connectivity index (χ0n) is 22.3. The van der Waals surface area contributed by atoms with E-state index in [0.717, 1.165) is 74.4 Å². The maximum Gasteiger partial charge on any atom is 0.220 e. The number of ether oxygens (including phenoxy) is 1. The predicted octanol–water partition coefficient (Wildman–Crippen LogP) is 4.26. The first kappa shape index (κ1) is 27.6. The molecule has 194 valence electrons. The maximum atomic E-state index is 12.4. The van der Waals surface area contributed by atoms with Crippen molar-refractivity contribution in [3.8, 4) is 17.3 Å². The summed E-state index contributed by atoms with van der Waals surface area (Å²) in [5.41, 5.74) is 5.73. The van der Waals surface area contributed by atoms with Gasteiger partial charge < -0.3 is 9.64 Å². The van der Waals surface area contributed by atoms with Crippen LogP contribution in [0.4, 0.5) is 0 Å². The third-order valence-corrected chi connectivity index (χ3v) is 9.31. The molecule has 0 amide bonds. The van der Waals surface area contributed by atoms with Crippen LogP contribution in [0.3, 0.4) is 0 Å². The number of aryl methyl sites for hydroxylation is 3. The average Bonchev–Trinajstić information content (AvgIpc) is 2.86. The van der Waals surface area contributed by atoms with Crippen molar-refractivity contribution in [2.75, 3.05) is 39.8 Å². The van der Waals surface area contributed by atoms with E-state index in [1.165, 1.54) is 11.1 Å². The van der Waals surface area contributed by atoms with Crippen molar-refractivity contribution >= 4 is 10.0 Å². The van der Waals surface area contributed by atoms with Crippen molar-refractivity contribution in [2.24, 2.45) is 0 Å². The molecule has 0 unspecified atom stereocenters. The fraction of sp³-hybridized carbons (Fsp3) is 0.630. The fourth-order valence-corrected chi connectivity index (χ4v) is 6.08. The first-order valence-electron chi connectivity index (χ1n) is 13.0. The number of rotatable bonds is 11. The van der Waals surface area contributed by atoms with Crippen LogP contribution in [0.5, 0.6) is 5.88 Å². The lowest BCUT2D eigenvalue weighted by Gasteiger charge is -2.34. The van der Waals surface area contributed by atoms with E-state index >= 15 is 0 Å². The number of sulfonamides is 1. The highest BCUT2D eigenvalue weighted by atomic mass is 32.2. The highest BCUT2D eigenvalue weighted by Gasteiger charge is 2.29. The van der Waals surface area contributed by atoms with Crippen LogP contribution in [0.2, 0.25) is 0 Å². The van der Waals surface area contributed by atoms with Crippen LogP contribution in [0.1, 0.15) is 62.9 Å². The topological polar surface area (TPSA) is 75.6 Å². The van der Waals surface area contributed by atoms with E-state index in [0.29, 0.717) is 19.0 Å². The number of nitrogens with zero attached hydrogens (tertiary/aromatic N) is 4. The molecule has 0 atom stereocenters. The van der Waals surface area contributed by atoms with Gasteiger partial charge in [-0.3, -0.25) is 0 Å². The minimum Gasteiger partial charge on any atom is -0.481 e. The second kappa shape index (κ2) is 12.3. The minimum absolute atomic E-state index is 0.357. The van der Waals surface area contributed by atoms with Gasteiger partial charge in [-0.2, -0.15) is 9.29 Å². The molecule has 3 rings (SSSR count). The number of hydrogen-bond donors (Lipinski definition) is 0. The Morgan fingerprint density at radius 3 is 2.17 bits per heavy atom. The van der Waals surface area contributed by atoms with Crippen molar-refractivity contribution in [2.45, 2.75) is 72.0 Å². The van der Waals surface area contributed by atoms with E-state index < -0.39 is 10.0 Å². The zero-order valence-corrected chi connectivity index (χ0v) is 23.1. The van der Waals surface area contributed by atoms with Gasteiger partial charge in [-0.15, -0.1) is 0 Å². The molecule has 1 saturated heterocycles. The molecule has 1 aromatic heterocycles. The molecular formula is C27H42N4O3S. The highest BCUT2D eigenvalue weighted by Crippen LogP contribution is 2.30. The van der Waals surface area contributed by atoms with Gasteiger partial charge >= 0.3 is 0 Å².